The predicted octanol–water partition coefficient (Wildman–Crippen LogP) is 3.67. The molecule has 0 bridgehead atoms. The van der Waals surface area contributed by atoms with Gasteiger partial charge in [0.25, 0.3) is 0 Å². The van der Waals surface area contributed by atoms with Crippen LogP contribution in [0.3, 0.4) is 0 Å². The SMILES string of the molecule is COC(=O)c1sc(C(C)=O)c(F)c1Oc1ccccc1. The molecule has 0 saturated carbocycles. The van der Waals surface area contributed by atoms with E-state index in [2.05, 4.69) is 4.74 Å². The normalized spacial score (nSPS) is 10.2. The van der Waals surface area contributed by atoms with Gasteiger partial charge in [-0.15, -0.1) is 11.3 Å². The number of Topliss-reactive ketones (excluding diaryl/α,β-unsaturated/α-hetero) is 1. The van der Waals surface area contributed by atoms with Gasteiger partial charge >= 0.3 is 5.97 Å². The van der Waals surface area contributed by atoms with Crippen molar-refractivity contribution in [3.8, 4) is 11.5 Å². The van der Waals surface area contributed by atoms with Gasteiger partial charge in [0.15, 0.2) is 22.2 Å². The van der Waals surface area contributed by atoms with Gasteiger partial charge < -0.3 is 9.47 Å². The minimum absolute atomic E-state index is 0.0703. The molecule has 0 unspecified atom stereocenters. The first-order chi connectivity index (χ1) is 9.54. The summed E-state index contributed by atoms with van der Waals surface area (Å²) in [6, 6.07) is 8.43. The Balaban J connectivity index is 2.49. The molecule has 20 heavy (non-hydrogen) atoms. The molecule has 2 rings (SSSR count). The lowest BCUT2D eigenvalue weighted by Gasteiger charge is -2.05. The molecule has 1 heterocycles. The second-order valence-corrected chi connectivity index (χ2v) is 4.89. The highest BCUT2D eigenvalue weighted by atomic mass is 32.1. The average Bonchev–Trinajstić information content (AvgIpc) is 2.77. The summed E-state index contributed by atoms with van der Waals surface area (Å²) in [6.07, 6.45) is 0. The molecule has 0 amide bonds. The molecule has 0 fully saturated rings. The van der Waals surface area contributed by atoms with Crippen molar-refractivity contribution >= 4 is 23.1 Å². The molecule has 2 aromatic rings. The number of esters is 1. The fourth-order valence-electron chi connectivity index (χ4n) is 1.55. The Morgan fingerprint density at radius 3 is 2.35 bits per heavy atom. The largest absolute Gasteiger partial charge is 0.465 e. The van der Waals surface area contributed by atoms with Gasteiger partial charge in [-0.1, -0.05) is 18.2 Å². The molecule has 1 aromatic heterocycles. The third-order valence-electron chi connectivity index (χ3n) is 2.46. The Morgan fingerprint density at radius 2 is 1.80 bits per heavy atom. The zero-order valence-electron chi connectivity index (χ0n) is 10.8. The Morgan fingerprint density at radius 1 is 1.15 bits per heavy atom. The Kier molecular flexibility index (Phi) is 4.14. The molecule has 4 nitrogen and oxygen atoms in total. The Bertz CT molecular complexity index is 649. The van der Waals surface area contributed by atoms with Crippen LogP contribution in [-0.4, -0.2) is 18.9 Å². The zero-order valence-corrected chi connectivity index (χ0v) is 11.6. The quantitative estimate of drug-likeness (QED) is 0.637. The van der Waals surface area contributed by atoms with E-state index in [1.807, 2.05) is 0 Å². The van der Waals surface area contributed by atoms with Gasteiger partial charge in [-0.05, 0) is 12.1 Å². The predicted molar refractivity (Wildman–Crippen MR) is 72.1 cm³/mol. The number of rotatable bonds is 4. The van der Waals surface area contributed by atoms with Gasteiger partial charge in [-0.2, -0.15) is 0 Å². The minimum Gasteiger partial charge on any atom is -0.465 e. The van der Waals surface area contributed by atoms with Gasteiger partial charge in [0, 0.05) is 6.92 Å². The van der Waals surface area contributed by atoms with E-state index >= 15 is 0 Å². The second kappa shape index (κ2) is 5.83. The number of hydrogen-bond donors (Lipinski definition) is 0. The number of carbonyl (C=O) groups is 2. The standard InChI is InChI=1S/C14H11FO4S/c1-8(16)12-10(15)11(13(20-12)14(17)18-2)19-9-6-4-3-5-7-9/h3-7H,1-2H3. The van der Waals surface area contributed by atoms with Gasteiger partial charge in [0.1, 0.15) is 10.6 Å². The van der Waals surface area contributed by atoms with Crippen LogP contribution in [0.4, 0.5) is 4.39 Å². The molecule has 0 spiro atoms. The minimum atomic E-state index is -0.841. The molecule has 0 radical (unpaired) electrons. The molecule has 0 aliphatic carbocycles. The van der Waals surface area contributed by atoms with Crippen molar-refractivity contribution in [3.63, 3.8) is 0 Å². The third-order valence-corrected chi connectivity index (χ3v) is 3.69. The van der Waals surface area contributed by atoms with E-state index < -0.39 is 17.6 Å². The lowest BCUT2D eigenvalue weighted by atomic mass is 10.3. The molecule has 6 heteroatoms. The number of ether oxygens (including phenoxy) is 2. The molecule has 0 N–H and O–H groups in total. The van der Waals surface area contributed by atoms with E-state index in [0.29, 0.717) is 5.75 Å². The number of hydrogen-bond acceptors (Lipinski definition) is 5. The van der Waals surface area contributed by atoms with E-state index in [9.17, 15) is 14.0 Å². The summed E-state index contributed by atoms with van der Waals surface area (Å²) in [5.74, 6) is -1.97. The monoisotopic (exact) mass is 294 g/mol. The Labute approximate surface area is 118 Å². The summed E-state index contributed by atoms with van der Waals surface area (Å²) in [5.41, 5.74) is 0. The summed E-state index contributed by atoms with van der Waals surface area (Å²) >= 11 is 0.722. The number of ketones is 1. The molecule has 0 saturated heterocycles. The zero-order chi connectivity index (χ0) is 14.7. The average molecular weight is 294 g/mol. The van der Waals surface area contributed by atoms with E-state index in [1.165, 1.54) is 14.0 Å². The van der Waals surface area contributed by atoms with Crippen LogP contribution in [0.25, 0.3) is 0 Å². The maximum atomic E-state index is 14.2. The van der Waals surface area contributed by atoms with E-state index in [0.717, 1.165) is 11.3 Å². The highest BCUT2D eigenvalue weighted by Crippen LogP contribution is 2.37. The first kappa shape index (κ1) is 14.2. The van der Waals surface area contributed by atoms with Crippen LogP contribution in [-0.2, 0) is 4.74 Å². The first-order valence-corrected chi connectivity index (χ1v) is 6.50. The van der Waals surface area contributed by atoms with Crippen molar-refractivity contribution in [2.75, 3.05) is 7.11 Å². The molecular formula is C14H11FO4S. The van der Waals surface area contributed by atoms with Crippen LogP contribution >= 0.6 is 11.3 Å². The third kappa shape index (κ3) is 2.70. The summed E-state index contributed by atoms with van der Waals surface area (Å²) in [7, 11) is 1.18. The molecule has 0 atom stereocenters. The maximum Gasteiger partial charge on any atom is 0.352 e. The number of methoxy groups -OCH3 is 1. The fourth-order valence-corrected chi connectivity index (χ4v) is 2.47. The fraction of sp³-hybridized carbons (Fsp3) is 0.143. The molecule has 0 aliphatic heterocycles. The smallest absolute Gasteiger partial charge is 0.352 e. The van der Waals surface area contributed by atoms with Crippen molar-refractivity contribution in [1.29, 1.82) is 0 Å². The topological polar surface area (TPSA) is 52.6 Å². The van der Waals surface area contributed by atoms with E-state index in [4.69, 9.17) is 4.74 Å². The lowest BCUT2D eigenvalue weighted by Crippen LogP contribution is -2.00. The van der Waals surface area contributed by atoms with Gasteiger partial charge in [0.2, 0.25) is 0 Å². The maximum absolute atomic E-state index is 14.2. The number of carbonyl (C=O) groups excluding carboxylic acids is 2. The number of halogens is 1. The van der Waals surface area contributed by atoms with Crippen molar-refractivity contribution in [2.45, 2.75) is 6.92 Å². The van der Waals surface area contributed by atoms with Crippen LogP contribution in [0, 0.1) is 5.82 Å². The van der Waals surface area contributed by atoms with Crippen LogP contribution in [0.15, 0.2) is 30.3 Å². The van der Waals surface area contributed by atoms with Crippen molar-refractivity contribution in [3.05, 3.63) is 45.9 Å². The number of thiophene rings is 1. The number of para-hydroxylation sites is 1. The van der Waals surface area contributed by atoms with Crippen LogP contribution < -0.4 is 4.74 Å². The highest BCUT2D eigenvalue weighted by molar-refractivity contribution is 7.16. The Hall–Kier alpha value is -2.21. The summed E-state index contributed by atoms with van der Waals surface area (Å²) in [4.78, 5) is 22.8. The van der Waals surface area contributed by atoms with E-state index in [1.54, 1.807) is 30.3 Å². The van der Waals surface area contributed by atoms with Gasteiger partial charge in [0.05, 0.1) is 7.11 Å². The highest BCUT2D eigenvalue weighted by Gasteiger charge is 2.27. The summed E-state index contributed by atoms with van der Waals surface area (Å²) in [5, 5.41) is 0. The van der Waals surface area contributed by atoms with Crippen LogP contribution in [0.2, 0.25) is 0 Å². The molecule has 0 aliphatic rings. The van der Waals surface area contributed by atoms with Crippen molar-refractivity contribution in [1.82, 2.24) is 0 Å². The molecule has 104 valence electrons. The summed E-state index contributed by atoms with van der Waals surface area (Å²) in [6.45, 7) is 1.22. The lowest BCUT2D eigenvalue weighted by molar-refractivity contribution is 0.0603. The number of benzene rings is 1. The molecule has 1 aromatic carbocycles. The first-order valence-electron chi connectivity index (χ1n) is 5.69. The molecular weight excluding hydrogens is 283 g/mol. The van der Waals surface area contributed by atoms with Gasteiger partial charge in [-0.25, -0.2) is 9.18 Å². The van der Waals surface area contributed by atoms with Crippen molar-refractivity contribution in [2.24, 2.45) is 0 Å². The van der Waals surface area contributed by atoms with Crippen LogP contribution in [0.1, 0.15) is 26.3 Å². The van der Waals surface area contributed by atoms with Gasteiger partial charge in [-0.3, -0.25) is 4.79 Å². The summed E-state index contributed by atoms with van der Waals surface area (Å²) < 4.78 is 24.1. The van der Waals surface area contributed by atoms with E-state index in [-0.39, 0.29) is 15.5 Å². The second-order valence-electron chi connectivity index (χ2n) is 3.87. The van der Waals surface area contributed by atoms with Crippen LogP contribution in [0.5, 0.6) is 11.5 Å². The van der Waals surface area contributed by atoms with Crippen molar-refractivity contribution < 1.29 is 23.5 Å².